The average Bonchev–Trinajstić information content (AvgIpc) is 3.31. The lowest BCUT2D eigenvalue weighted by Gasteiger charge is -2.13. The molecule has 0 spiro atoms. The minimum atomic E-state index is -0.390. The Hall–Kier alpha value is -2.48. The van der Waals surface area contributed by atoms with Gasteiger partial charge in [0.25, 0.3) is 0 Å². The van der Waals surface area contributed by atoms with E-state index in [4.69, 9.17) is 4.98 Å². The molecule has 0 unspecified atom stereocenters. The molecule has 0 radical (unpaired) electrons. The summed E-state index contributed by atoms with van der Waals surface area (Å²) in [4.78, 5) is 19.1. The van der Waals surface area contributed by atoms with Gasteiger partial charge in [-0.05, 0) is 55.9 Å². The number of benzene rings is 1. The number of carbonyl (C=O) groups excluding carboxylic acids is 1. The van der Waals surface area contributed by atoms with Gasteiger partial charge in [-0.1, -0.05) is 34.6 Å². The van der Waals surface area contributed by atoms with Gasteiger partial charge in [0, 0.05) is 21.8 Å². The van der Waals surface area contributed by atoms with E-state index in [-0.39, 0.29) is 5.91 Å². The fourth-order valence-corrected chi connectivity index (χ4v) is 6.70. The van der Waals surface area contributed by atoms with Gasteiger partial charge in [0.2, 0.25) is 11.1 Å². The van der Waals surface area contributed by atoms with E-state index in [1.165, 1.54) is 16.6 Å². The van der Waals surface area contributed by atoms with Gasteiger partial charge in [-0.15, -0.1) is 21.5 Å². The van der Waals surface area contributed by atoms with Crippen LogP contribution >= 0.6 is 39.0 Å². The number of amides is 1. The van der Waals surface area contributed by atoms with Crippen LogP contribution in [0.15, 0.2) is 27.8 Å². The molecule has 5 rings (SSSR count). The molecule has 0 bridgehead atoms. The van der Waals surface area contributed by atoms with E-state index in [9.17, 15) is 10.1 Å². The van der Waals surface area contributed by atoms with Crippen molar-refractivity contribution in [2.45, 2.75) is 49.4 Å². The maximum Gasteiger partial charge on any atom is 0.238 e. The van der Waals surface area contributed by atoms with Crippen molar-refractivity contribution in [3.8, 4) is 6.07 Å². The van der Waals surface area contributed by atoms with Crippen molar-refractivity contribution in [1.82, 2.24) is 19.7 Å². The first-order chi connectivity index (χ1) is 16.0. The fourth-order valence-electron chi connectivity index (χ4n) is 4.28. The lowest BCUT2D eigenvalue weighted by Crippen LogP contribution is -2.24. The molecule has 10 heteroatoms. The van der Waals surface area contributed by atoms with E-state index < -0.39 is 5.25 Å². The van der Waals surface area contributed by atoms with Crippen molar-refractivity contribution in [3.05, 3.63) is 38.7 Å². The number of thiophene rings is 1. The zero-order valence-electron chi connectivity index (χ0n) is 18.2. The first-order valence-electron chi connectivity index (χ1n) is 10.8. The molecule has 1 amide bonds. The highest BCUT2D eigenvalue weighted by molar-refractivity contribution is 9.10. The van der Waals surface area contributed by atoms with Gasteiger partial charge in [-0.25, -0.2) is 4.98 Å². The van der Waals surface area contributed by atoms with Crippen molar-refractivity contribution < 1.29 is 4.79 Å². The second-order valence-corrected chi connectivity index (χ2v) is 11.2. The van der Waals surface area contributed by atoms with Crippen molar-refractivity contribution in [2.24, 2.45) is 7.05 Å². The predicted molar refractivity (Wildman–Crippen MR) is 136 cm³/mol. The van der Waals surface area contributed by atoms with Crippen LogP contribution in [0.1, 0.15) is 42.2 Å². The second kappa shape index (κ2) is 9.05. The summed E-state index contributed by atoms with van der Waals surface area (Å²) in [6.45, 7) is 1.96. The second-order valence-electron chi connectivity index (χ2n) is 8.02. The zero-order valence-corrected chi connectivity index (χ0v) is 21.4. The smallest absolute Gasteiger partial charge is 0.238 e. The minimum absolute atomic E-state index is 0.137. The molecule has 0 fully saturated rings. The third-order valence-corrected chi connectivity index (χ3v) is 8.89. The number of thioether (sulfide) groups is 1. The van der Waals surface area contributed by atoms with Gasteiger partial charge < -0.3 is 9.88 Å². The molecule has 1 N–H and O–H groups in total. The van der Waals surface area contributed by atoms with E-state index >= 15 is 0 Å². The van der Waals surface area contributed by atoms with Gasteiger partial charge in [0.05, 0.1) is 16.3 Å². The van der Waals surface area contributed by atoms with Crippen LogP contribution in [0.5, 0.6) is 0 Å². The van der Waals surface area contributed by atoms with E-state index in [2.05, 4.69) is 37.5 Å². The molecular weight excluding hydrogens is 520 g/mol. The van der Waals surface area contributed by atoms with Crippen LogP contribution in [-0.4, -0.2) is 30.9 Å². The first kappa shape index (κ1) is 22.3. The first-order valence-corrected chi connectivity index (χ1v) is 13.3. The number of anilines is 1. The van der Waals surface area contributed by atoms with Crippen molar-refractivity contribution in [2.75, 3.05) is 5.32 Å². The Labute approximate surface area is 207 Å². The molecule has 3 heterocycles. The van der Waals surface area contributed by atoms with Gasteiger partial charge in [-0.2, -0.15) is 5.26 Å². The van der Waals surface area contributed by atoms with Crippen LogP contribution in [0.3, 0.4) is 0 Å². The molecule has 1 aromatic carbocycles. The van der Waals surface area contributed by atoms with Crippen LogP contribution in [0.4, 0.5) is 5.00 Å². The molecule has 7 nitrogen and oxygen atoms in total. The summed E-state index contributed by atoms with van der Waals surface area (Å²) in [5.41, 5.74) is 4.23. The van der Waals surface area contributed by atoms with Gasteiger partial charge in [-0.3, -0.25) is 4.79 Å². The highest BCUT2D eigenvalue weighted by Crippen LogP contribution is 2.38. The van der Waals surface area contributed by atoms with Crippen molar-refractivity contribution in [3.63, 3.8) is 0 Å². The highest BCUT2D eigenvalue weighted by Gasteiger charge is 2.26. The number of nitriles is 1. The SMILES string of the molecule is CC[C@@H](Sc1nnc2c3cc(Br)ccc3n(C)c2n1)C(=O)Nc1sc2c(c1C#N)CCCC2. The lowest BCUT2D eigenvalue weighted by molar-refractivity contribution is -0.115. The van der Waals surface area contributed by atoms with Crippen molar-refractivity contribution in [1.29, 1.82) is 5.26 Å². The molecule has 3 aromatic heterocycles. The van der Waals surface area contributed by atoms with Crippen molar-refractivity contribution >= 4 is 72.0 Å². The minimum Gasteiger partial charge on any atom is -0.327 e. The number of hydrogen-bond donors (Lipinski definition) is 1. The molecule has 1 aliphatic carbocycles. The Morgan fingerprint density at radius 1 is 1.36 bits per heavy atom. The normalized spacial score (nSPS) is 14.2. The largest absolute Gasteiger partial charge is 0.327 e. The third kappa shape index (κ3) is 4.03. The summed E-state index contributed by atoms with van der Waals surface area (Å²) in [6, 6.07) is 8.32. The topological polar surface area (TPSA) is 96.5 Å². The molecule has 1 atom stereocenters. The average molecular weight is 542 g/mol. The predicted octanol–water partition coefficient (Wildman–Crippen LogP) is 5.60. The fraction of sp³-hybridized carbons (Fsp3) is 0.348. The molecule has 168 valence electrons. The Kier molecular flexibility index (Phi) is 6.12. The Morgan fingerprint density at radius 3 is 2.97 bits per heavy atom. The maximum absolute atomic E-state index is 13.1. The number of rotatable bonds is 5. The quantitative estimate of drug-likeness (QED) is 0.331. The number of hydrogen-bond acceptors (Lipinski definition) is 7. The molecule has 33 heavy (non-hydrogen) atoms. The Morgan fingerprint density at radius 2 is 2.18 bits per heavy atom. The molecule has 0 aliphatic heterocycles. The number of fused-ring (bicyclic) bond motifs is 4. The van der Waals surface area contributed by atoms with Crippen LogP contribution in [-0.2, 0) is 24.7 Å². The van der Waals surface area contributed by atoms with Crippen LogP contribution in [0.25, 0.3) is 22.1 Å². The number of aryl methyl sites for hydroxylation is 2. The highest BCUT2D eigenvalue weighted by atomic mass is 79.9. The monoisotopic (exact) mass is 540 g/mol. The van der Waals surface area contributed by atoms with E-state index in [1.54, 1.807) is 11.3 Å². The van der Waals surface area contributed by atoms with Gasteiger partial charge >= 0.3 is 0 Å². The summed E-state index contributed by atoms with van der Waals surface area (Å²) in [5.74, 6) is -0.137. The molecule has 1 aliphatic rings. The van der Waals surface area contributed by atoms with Crippen LogP contribution in [0.2, 0.25) is 0 Å². The molecule has 0 saturated heterocycles. The molecule has 0 saturated carbocycles. The van der Waals surface area contributed by atoms with Crippen LogP contribution < -0.4 is 5.32 Å². The van der Waals surface area contributed by atoms with Gasteiger partial charge in [0.1, 0.15) is 16.6 Å². The maximum atomic E-state index is 13.1. The van der Waals surface area contributed by atoms with Gasteiger partial charge in [0.15, 0.2) is 5.65 Å². The Balaban J connectivity index is 1.40. The number of carbonyl (C=O) groups is 1. The number of nitrogens with zero attached hydrogens (tertiary/aromatic N) is 5. The standard InChI is InChI=1S/C23H21BrN6OS2/c1-3-17(21(31)27-22-15(11-25)13-6-4-5-7-18(13)32-22)33-23-26-20-19(28-29-23)14-10-12(24)8-9-16(14)30(20)2/h8-10,17H,3-7H2,1-2H3,(H,27,31)/t17-/m1/s1. The van der Waals surface area contributed by atoms with E-state index in [0.29, 0.717) is 22.1 Å². The van der Waals surface area contributed by atoms with Crippen LogP contribution in [0, 0.1) is 11.3 Å². The molecular formula is C23H21BrN6OS2. The number of aromatic nitrogens is 4. The summed E-state index contributed by atoms with van der Waals surface area (Å²) in [6.07, 6.45) is 4.73. The number of halogens is 1. The zero-order chi connectivity index (χ0) is 23.1. The summed E-state index contributed by atoms with van der Waals surface area (Å²) >= 11 is 6.36. The number of nitrogens with one attached hydrogen (secondary N) is 1. The van der Waals surface area contributed by atoms with E-state index in [0.717, 1.165) is 57.8 Å². The summed E-state index contributed by atoms with van der Waals surface area (Å²) in [7, 11) is 1.95. The summed E-state index contributed by atoms with van der Waals surface area (Å²) in [5, 5.41) is 23.1. The molecule has 4 aromatic rings. The lowest BCUT2D eigenvalue weighted by atomic mass is 9.96. The van der Waals surface area contributed by atoms with E-state index in [1.807, 2.05) is 36.7 Å². The Bertz CT molecular complexity index is 1440. The summed E-state index contributed by atoms with van der Waals surface area (Å²) < 4.78 is 2.96. The third-order valence-electron chi connectivity index (χ3n) is 5.97.